The minimum atomic E-state index is -1.04. The number of hydrogen-bond acceptors (Lipinski definition) is 4. The highest BCUT2D eigenvalue weighted by Crippen LogP contribution is 2.56. The van der Waals surface area contributed by atoms with Crippen LogP contribution >= 0.6 is 0 Å². The molecule has 0 aromatic heterocycles. The fourth-order valence-corrected chi connectivity index (χ4v) is 4.87. The van der Waals surface area contributed by atoms with Crippen molar-refractivity contribution in [2.24, 2.45) is 0 Å². The van der Waals surface area contributed by atoms with E-state index in [9.17, 15) is 4.79 Å². The van der Waals surface area contributed by atoms with Gasteiger partial charge in [-0.25, -0.2) is 4.79 Å². The summed E-state index contributed by atoms with van der Waals surface area (Å²) in [4.78, 5) is 13.4. The SMILES string of the molecule is CCc1ccccc1Nc1cccc2c1C(=O)OC21c2ccccc2Oc2ccccc21. The van der Waals surface area contributed by atoms with Crippen LogP contribution in [0.4, 0.5) is 11.4 Å². The highest BCUT2D eigenvalue weighted by Gasteiger charge is 2.54. The van der Waals surface area contributed by atoms with Crippen molar-refractivity contribution < 1.29 is 14.3 Å². The maximum atomic E-state index is 13.4. The number of rotatable bonds is 3. The quantitative estimate of drug-likeness (QED) is 0.382. The zero-order chi connectivity index (χ0) is 21.7. The predicted molar refractivity (Wildman–Crippen MR) is 124 cm³/mol. The number of carbonyl (C=O) groups is 1. The summed E-state index contributed by atoms with van der Waals surface area (Å²) in [5.41, 5.74) is 4.92. The van der Waals surface area contributed by atoms with Gasteiger partial charge in [-0.1, -0.05) is 73.7 Å². The van der Waals surface area contributed by atoms with E-state index in [1.165, 1.54) is 5.56 Å². The molecular formula is C28H21NO3. The highest BCUT2D eigenvalue weighted by molar-refractivity contribution is 6.03. The van der Waals surface area contributed by atoms with Gasteiger partial charge in [0.25, 0.3) is 0 Å². The Kier molecular flexibility index (Phi) is 4.08. The molecule has 0 bridgehead atoms. The van der Waals surface area contributed by atoms with Crippen LogP contribution in [-0.2, 0) is 16.8 Å². The van der Waals surface area contributed by atoms with Crippen LogP contribution in [0.15, 0.2) is 91.0 Å². The summed E-state index contributed by atoms with van der Waals surface area (Å²) in [5.74, 6) is 1.05. The van der Waals surface area contributed by atoms with Gasteiger partial charge in [-0.05, 0) is 36.2 Å². The number of benzene rings is 4. The summed E-state index contributed by atoms with van der Waals surface area (Å²) in [6.07, 6.45) is 0.894. The molecule has 0 fully saturated rings. The first-order chi connectivity index (χ1) is 15.7. The van der Waals surface area contributed by atoms with Gasteiger partial charge < -0.3 is 14.8 Å². The van der Waals surface area contributed by atoms with Crippen LogP contribution in [0, 0.1) is 0 Å². The number of nitrogens with one attached hydrogen (secondary N) is 1. The Hall–Kier alpha value is -4.05. The smallest absolute Gasteiger partial charge is 0.342 e. The summed E-state index contributed by atoms with van der Waals surface area (Å²) >= 11 is 0. The Morgan fingerprint density at radius 1 is 0.719 bits per heavy atom. The van der Waals surface area contributed by atoms with Gasteiger partial charge in [0.1, 0.15) is 11.5 Å². The molecule has 0 aliphatic carbocycles. The summed E-state index contributed by atoms with van der Waals surface area (Å²) in [7, 11) is 0. The second kappa shape index (κ2) is 6.99. The molecule has 4 aromatic rings. The molecule has 0 saturated heterocycles. The van der Waals surface area contributed by atoms with E-state index in [0.717, 1.165) is 34.5 Å². The number of aryl methyl sites for hydroxylation is 1. The van der Waals surface area contributed by atoms with Gasteiger partial charge in [-0.15, -0.1) is 0 Å². The zero-order valence-corrected chi connectivity index (χ0v) is 17.6. The number of ether oxygens (including phenoxy) is 2. The van der Waals surface area contributed by atoms with Gasteiger partial charge in [0, 0.05) is 22.4 Å². The molecule has 6 rings (SSSR count). The van der Waals surface area contributed by atoms with Gasteiger partial charge in [-0.3, -0.25) is 0 Å². The molecule has 2 aliphatic heterocycles. The zero-order valence-electron chi connectivity index (χ0n) is 17.6. The Labute approximate surface area is 186 Å². The van der Waals surface area contributed by atoms with Crippen LogP contribution in [0.3, 0.4) is 0 Å². The Balaban J connectivity index is 1.59. The lowest BCUT2D eigenvalue weighted by Crippen LogP contribution is -2.32. The van der Waals surface area contributed by atoms with Crippen molar-refractivity contribution in [2.45, 2.75) is 18.9 Å². The minimum Gasteiger partial charge on any atom is -0.456 e. The molecular weight excluding hydrogens is 398 g/mol. The van der Waals surface area contributed by atoms with Crippen molar-refractivity contribution in [1.82, 2.24) is 0 Å². The van der Waals surface area contributed by atoms with E-state index < -0.39 is 5.60 Å². The minimum absolute atomic E-state index is 0.344. The maximum Gasteiger partial charge on any atom is 0.342 e. The van der Waals surface area contributed by atoms with E-state index in [1.54, 1.807) is 0 Å². The number of carbonyl (C=O) groups excluding carboxylic acids is 1. The van der Waals surface area contributed by atoms with Gasteiger partial charge in [0.15, 0.2) is 5.60 Å². The van der Waals surface area contributed by atoms with Crippen molar-refractivity contribution >= 4 is 17.3 Å². The number of fused-ring (bicyclic) bond motifs is 6. The lowest BCUT2D eigenvalue weighted by molar-refractivity contribution is 0.0225. The first-order valence-electron chi connectivity index (χ1n) is 10.8. The average molecular weight is 419 g/mol. The molecule has 2 aliphatic rings. The van der Waals surface area contributed by atoms with E-state index in [2.05, 4.69) is 18.3 Å². The normalized spacial score (nSPS) is 14.7. The van der Waals surface area contributed by atoms with Crippen LogP contribution in [0.1, 0.15) is 39.5 Å². The second-order valence-corrected chi connectivity index (χ2v) is 8.03. The van der Waals surface area contributed by atoms with Crippen molar-refractivity contribution in [3.63, 3.8) is 0 Å². The third kappa shape index (κ3) is 2.53. The van der Waals surface area contributed by atoms with E-state index in [4.69, 9.17) is 9.47 Å². The fraction of sp³-hybridized carbons (Fsp3) is 0.107. The van der Waals surface area contributed by atoms with Crippen LogP contribution in [0.25, 0.3) is 0 Å². The van der Waals surface area contributed by atoms with Gasteiger partial charge >= 0.3 is 5.97 Å². The van der Waals surface area contributed by atoms with E-state index in [1.807, 2.05) is 84.9 Å². The Bertz CT molecular complexity index is 1330. The van der Waals surface area contributed by atoms with Crippen molar-refractivity contribution in [1.29, 1.82) is 0 Å². The molecule has 4 aromatic carbocycles. The molecule has 1 N–H and O–H groups in total. The average Bonchev–Trinajstić information content (AvgIpc) is 3.13. The standard InChI is InChI=1S/C28H21NO3/c1-2-18-10-3-6-14-22(18)29-23-15-9-13-21-26(23)27(30)32-28(21)19-11-4-7-16-24(19)31-25-17-8-5-12-20(25)28/h3-17,29H,2H2,1H3. The van der Waals surface area contributed by atoms with Gasteiger partial charge in [-0.2, -0.15) is 0 Å². The van der Waals surface area contributed by atoms with Crippen LogP contribution in [0.5, 0.6) is 11.5 Å². The molecule has 156 valence electrons. The lowest BCUT2D eigenvalue weighted by Gasteiger charge is -2.36. The van der Waals surface area contributed by atoms with Gasteiger partial charge in [0.05, 0.1) is 11.3 Å². The summed E-state index contributed by atoms with van der Waals surface area (Å²) < 4.78 is 12.5. The summed E-state index contributed by atoms with van der Waals surface area (Å²) in [6.45, 7) is 2.12. The number of esters is 1. The topological polar surface area (TPSA) is 47.6 Å². The monoisotopic (exact) mass is 419 g/mol. The number of hydrogen-bond donors (Lipinski definition) is 1. The maximum absolute atomic E-state index is 13.4. The number of para-hydroxylation sites is 3. The molecule has 4 nitrogen and oxygen atoms in total. The molecule has 0 amide bonds. The summed E-state index contributed by atoms with van der Waals surface area (Å²) in [5, 5.41) is 3.49. The highest BCUT2D eigenvalue weighted by atomic mass is 16.6. The second-order valence-electron chi connectivity index (χ2n) is 8.03. The predicted octanol–water partition coefficient (Wildman–Crippen LogP) is 6.56. The first-order valence-corrected chi connectivity index (χ1v) is 10.8. The Morgan fingerprint density at radius 2 is 1.31 bits per heavy atom. The molecule has 32 heavy (non-hydrogen) atoms. The molecule has 0 radical (unpaired) electrons. The molecule has 0 atom stereocenters. The van der Waals surface area contributed by atoms with Crippen molar-refractivity contribution in [3.05, 3.63) is 119 Å². The van der Waals surface area contributed by atoms with Gasteiger partial charge in [0.2, 0.25) is 0 Å². The lowest BCUT2D eigenvalue weighted by atomic mass is 9.77. The third-order valence-electron chi connectivity index (χ3n) is 6.31. The van der Waals surface area contributed by atoms with Crippen molar-refractivity contribution in [2.75, 3.05) is 5.32 Å². The number of anilines is 2. The summed E-state index contributed by atoms with van der Waals surface area (Å²) in [6, 6.07) is 29.6. The molecule has 0 unspecified atom stereocenters. The van der Waals surface area contributed by atoms with E-state index in [0.29, 0.717) is 17.1 Å². The van der Waals surface area contributed by atoms with E-state index >= 15 is 0 Å². The molecule has 2 heterocycles. The first kappa shape index (κ1) is 18.7. The fourth-order valence-electron chi connectivity index (χ4n) is 4.87. The molecule has 1 spiro atoms. The van der Waals surface area contributed by atoms with E-state index in [-0.39, 0.29) is 5.97 Å². The molecule has 0 saturated carbocycles. The third-order valence-corrected chi connectivity index (χ3v) is 6.31. The largest absolute Gasteiger partial charge is 0.456 e. The Morgan fingerprint density at radius 3 is 2.03 bits per heavy atom. The van der Waals surface area contributed by atoms with Crippen LogP contribution in [-0.4, -0.2) is 5.97 Å². The van der Waals surface area contributed by atoms with Crippen molar-refractivity contribution in [3.8, 4) is 11.5 Å². The van der Waals surface area contributed by atoms with Crippen LogP contribution in [0.2, 0.25) is 0 Å². The molecule has 4 heteroatoms. The van der Waals surface area contributed by atoms with Crippen LogP contribution < -0.4 is 10.1 Å².